The second kappa shape index (κ2) is 10.8. The van der Waals surface area contributed by atoms with Crippen molar-refractivity contribution in [1.29, 1.82) is 0 Å². The molecule has 4 nitrogen and oxygen atoms in total. The van der Waals surface area contributed by atoms with Gasteiger partial charge in [0.05, 0.1) is 14.2 Å². The van der Waals surface area contributed by atoms with Crippen LogP contribution in [0.3, 0.4) is 0 Å². The molecule has 0 radical (unpaired) electrons. The third-order valence-corrected chi connectivity index (χ3v) is 6.15. The molecule has 4 rings (SSSR count). The highest BCUT2D eigenvalue weighted by Gasteiger charge is 2.10. The number of benzene rings is 4. The smallest absolute Gasteiger partial charge is 0.122 e. The number of hydrogen-bond acceptors (Lipinski definition) is 4. The summed E-state index contributed by atoms with van der Waals surface area (Å²) >= 11 is 0. The zero-order valence-corrected chi connectivity index (χ0v) is 19.6. The van der Waals surface area contributed by atoms with Crippen molar-refractivity contribution in [3.8, 4) is 34.1 Å². The van der Waals surface area contributed by atoms with Gasteiger partial charge < -0.3 is 19.7 Å². The summed E-state index contributed by atoms with van der Waals surface area (Å²) in [5.41, 5.74) is 6.81. The molecule has 0 atom stereocenters. The number of aryl methyl sites for hydroxylation is 4. The molecule has 174 valence electrons. The van der Waals surface area contributed by atoms with Crippen LogP contribution in [-0.4, -0.2) is 24.4 Å². The van der Waals surface area contributed by atoms with Crippen LogP contribution < -0.4 is 9.47 Å². The minimum Gasteiger partial charge on any atom is -0.508 e. The number of hydrogen-bond donors (Lipinski definition) is 2. The molecule has 0 bridgehead atoms. The Labute approximate surface area is 201 Å². The fraction of sp³-hybridized carbons (Fsp3) is 0.200. The molecule has 0 unspecified atom stereocenters. The minimum atomic E-state index is 0.285. The average Bonchev–Trinajstić information content (AvgIpc) is 2.88. The van der Waals surface area contributed by atoms with Crippen LogP contribution in [0.1, 0.15) is 22.3 Å². The fourth-order valence-corrected chi connectivity index (χ4v) is 4.14. The highest BCUT2D eigenvalue weighted by Crippen LogP contribution is 2.32. The standard InChI is InChI=1S/C30H30O4/c1-33-29-19-25(13-11-23(29)9-3-21-5-15-27(31)16-6-21)26-14-12-24(30(20-26)34-2)10-4-22-7-17-28(32)18-8-22/h5-8,11-20,31-32H,3-4,9-10H2,1-2H3. The number of phenolic OH excluding ortho intramolecular Hbond substituents is 2. The number of aromatic hydroxyl groups is 2. The Hall–Kier alpha value is -3.92. The predicted molar refractivity (Wildman–Crippen MR) is 136 cm³/mol. The van der Waals surface area contributed by atoms with Gasteiger partial charge in [0.1, 0.15) is 23.0 Å². The Morgan fingerprint density at radius 2 is 0.882 bits per heavy atom. The van der Waals surface area contributed by atoms with Crippen molar-refractivity contribution in [3.63, 3.8) is 0 Å². The maximum absolute atomic E-state index is 9.47. The molecule has 0 heterocycles. The number of methoxy groups -OCH3 is 2. The molecular formula is C30H30O4. The molecule has 0 spiro atoms. The molecule has 0 aliphatic carbocycles. The van der Waals surface area contributed by atoms with E-state index >= 15 is 0 Å². The second-order valence-corrected chi connectivity index (χ2v) is 8.39. The normalized spacial score (nSPS) is 10.8. The van der Waals surface area contributed by atoms with Gasteiger partial charge in [-0.15, -0.1) is 0 Å². The van der Waals surface area contributed by atoms with E-state index in [2.05, 4.69) is 36.4 Å². The molecule has 0 saturated heterocycles. The Kier molecular flexibility index (Phi) is 7.38. The minimum absolute atomic E-state index is 0.285. The van der Waals surface area contributed by atoms with Crippen molar-refractivity contribution in [3.05, 3.63) is 107 Å². The first kappa shape index (κ1) is 23.2. The van der Waals surface area contributed by atoms with Gasteiger partial charge in [-0.3, -0.25) is 0 Å². The third-order valence-electron chi connectivity index (χ3n) is 6.15. The molecule has 34 heavy (non-hydrogen) atoms. The van der Waals surface area contributed by atoms with Crippen LogP contribution in [0.15, 0.2) is 84.9 Å². The zero-order chi connectivity index (χ0) is 23.9. The number of ether oxygens (including phenoxy) is 2. The lowest BCUT2D eigenvalue weighted by molar-refractivity contribution is 0.409. The van der Waals surface area contributed by atoms with Gasteiger partial charge in [-0.05, 0) is 95.5 Å². The van der Waals surface area contributed by atoms with Gasteiger partial charge in [-0.1, -0.05) is 48.5 Å². The third kappa shape index (κ3) is 5.70. The Morgan fingerprint density at radius 1 is 0.500 bits per heavy atom. The summed E-state index contributed by atoms with van der Waals surface area (Å²) in [7, 11) is 3.41. The van der Waals surface area contributed by atoms with Crippen LogP contribution in [0.4, 0.5) is 0 Å². The summed E-state index contributed by atoms with van der Waals surface area (Å²) in [5.74, 6) is 2.30. The zero-order valence-electron chi connectivity index (χ0n) is 19.6. The van der Waals surface area contributed by atoms with Crippen LogP contribution in [0.25, 0.3) is 11.1 Å². The second-order valence-electron chi connectivity index (χ2n) is 8.39. The molecule has 0 aromatic heterocycles. The Morgan fingerprint density at radius 3 is 1.24 bits per heavy atom. The summed E-state index contributed by atoms with van der Waals surface area (Å²) in [6.07, 6.45) is 3.46. The molecule has 4 aromatic rings. The molecule has 2 N–H and O–H groups in total. The van der Waals surface area contributed by atoms with Gasteiger partial charge in [0.15, 0.2) is 0 Å². The Balaban J connectivity index is 1.49. The van der Waals surface area contributed by atoms with E-state index in [1.807, 2.05) is 24.3 Å². The molecular weight excluding hydrogens is 424 g/mol. The maximum atomic E-state index is 9.47. The van der Waals surface area contributed by atoms with Crippen molar-refractivity contribution in [1.82, 2.24) is 0 Å². The largest absolute Gasteiger partial charge is 0.508 e. The quantitative estimate of drug-likeness (QED) is 0.309. The van der Waals surface area contributed by atoms with Crippen molar-refractivity contribution >= 4 is 0 Å². The average molecular weight is 455 g/mol. The lowest BCUT2D eigenvalue weighted by Crippen LogP contribution is -1.98. The van der Waals surface area contributed by atoms with Gasteiger partial charge >= 0.3 is 0 Å². The first-order valence-electron chi connectivity index (χ1n) is 11.5. The van der Waals surface area contributed by atoms with E-state index in [4.69, 9.17) is 9.47 Å². The summed E-state index contributed by atoms with van der Waals surface area (Å²) in [6.45, 7) is 0. The lowest BCUT2D eigenvalue weighted by atomic mass is 9.97. The van der Waals surface area contributed by atoms with E-state index in [1.54, 1.807) is 38.5 Å². The van der Waals surface area contributed by atoms with Gasteiger partial charge in [0, 0.05) is 0 Å². The topological polar surface area (TPSA) is 58.9 Å². The van der Waals surface area contributed by atoms with Gasteiger partial charge in [0.2, 0.25) is 0 Å². The highest BCUT2D eigenvalue weighted by atomic mass is 16.5. The van der Waals surface area contributed by atoms with Crippen molar-refractivity contribution in [2.45, 2.75) is 25.7 Å². The predicted octanol–water partition coefficient (Wildman–Crippen LogP) is 6.35. The van der Waals surface area contributed by atoms with E-state index < -0.39 is 0 Å². The molecule has 0 amide bonds. The van der Waals surface area contributed by atoms with E-state index in [9.17, 15) is 10.2 Å². The fourth-order valence-electron chi connectivity index (χ4n) is 4.14. The highest BCUT2D eigenvalue weighted by molar-refractivity contribution is 5.68. The summed E-state index contributed by atoms with van der Waals surface area (Å²) < 4.78 is 11.4. The van der Waals surface area contributed by atoms with E-state index in [-0.39, 0.29) is 11.5 Å². The van der Waals surface area contributed by atoms with Gasteiger partial charge in [0.25, 0.3) is 0 Å². The molecule has 4 heteroatoms. The van der Waals surface area contributed by atoms with Crippen LogP contribution in [0, 0.1) is 0 Å². The molecule has 0 aliphatic heterocycles. The first-order valence-corrected chi connectivity index (χ1v) is 11.5. The van der Waals surface area contributed by atoms with Gasteiger partial charge in [-0.2, -0.15) is 0 Å². The van der Waals surface area contributed by atoms with Crippen LogP contribution in [0.2, 0.25) is 0 Å². The van der Waals surface area contributed by atoms with Crippen LogP contribution >= 0.6 is 0 Å². The monoisotopic (exact) mass is 454 g/mol. The summed E-state index contributed by atoms with van der Waals surface area (Å²) in [4.78, 5) is 0. The molecule has 4 aromatic carbocycles. The van der Waals surface area contributed by atoms with Crippen molar-refractivity contribution in [2.24, 2.45) is 0 Å². The van der Waals surface area contributed by atoms with Crippen molar-refractivity contribution < 1.29 is 19.7 Å². The molecule has 0 aliphatic rings. The lowest BCUT2D eigenvalue weighted by Gasteiger charge is -2.14. The first-order chi connectivity index (χ1) is 16.6. The SMILES string of the molecule is COc1cc(-c2ccc(CCc3ccc(O)cc3)c(OC)c2)ccc1CCc1ccc(O)cc1. The number of rotatable bonds is 9. The van der Waals surface area contributed by atoms with Crippen molar-refractivity contribution in [2.75, 3.05) is 14.2 Å². The summed E-state index contributed by atoms with van der Waals surface area (Å²) in [6, 6.07) is 27.3. The molecule has 0 fully saturated rings. The Bertz CT molecular complexity index is 1130. The van der Waals surface area contributed by atoms with Crippen LogP contribution in [0.5, 0.6) is 23.0 Å². The summed E-state index contributed by atoms with van der Waals surface area (Å²) in [5, 5.41) is 18.9. The van der Waals surface area contributed by atoms with Gasteiger partial charge in [-0.25, -0.2) is 0 Å². The van der Waals surface area contributed by atoms with E-state index in [0.29, 0.717) is 0 Å². The number of phenols is 2. The van der Waals surface area contributed by atoms with Crippen LogP contribution in [-0.2, 0) is 25.7 Å². The van der Waals surface area contributed by atoms with E-state index in [0.717, 1.165) is 59.4 Å². The molecule has 0 saturated carbocycles. The maximum Gasteiger partial charge on any atom is 0.122 e. The van der Waals surface area contributed by atoms with E-state index in [1.165, 1.54) is 11.1 Å².